The van der Waals surface area contributed by atoms with Crippen LogP contribution in [0.25, 0.3) is 0 Å². The fraction of sp³-hybridized carbons (Fsp3) is 0.143. The number of sulfonamides is 1. The molecule has 0 aromatic heterocycles. The Labute approximate surface area is 126 Å². The van der Waals surface area contributed by atoms with Crippen LogP contribution in [0.4, 0.5) is 10.1 Å². The Bertz CT molecular complexity index is 760. The molecule has 0 fully saturated rings. The fourth-order valence-electron chi connectivity index (χ4n) is 1.74. The van der Waals surface area contributed by atoms with Gasteiger partial charge in [0.2, 0.25) is 0 Å². The normalized spacial score (nSPS) is 11.4. The molecule has 20 heavy (non-hydrogen) atoms. The van der Waals surface area contributed by atoms with Crippen LogP contribution in [-0.4, -0.2) is 8.42 Å². The van der Waals surface area contributed by atoms with Crippen LogP contribution in [0.2, 0.25) is 0 Å². The van der Waals surface area contributed by atoms with E-state index in [-0.39, 0.29) is 9.37 Å². The van der Waals surface area contributed by atoms with Gasteiger partial charge in [0.25, 0.3) is 10.0 Å². The number of aryl methyl sites for hydroxylation is 2. The maximum absolute atomic E-state index is 13.3. The standard InChI is InChI=1S/C14H13BrFNO2S/c1-9-4-3-5-11(6-9)20(18,19)17-14-8-12(15)13(16)7-10(14)2/h3-8,17H,1-2H3. The van der Waals surface area contributed by atoms with Gasteiger partial charge in [-0.15, -0.1) is 0 Å². The second kappa shape index (κ2) is 5.54. The first-order chi connectivity index (χ1) is 9.29. The molecule has 0 atom stereocenters. The predicted molar refractivity (Wildman–Crippen MR) is 80.8 cm³/mol. The predicted octanol–water partition coefficient (Wildman–Crippen LogP) is 4.01. The van der Waals surface area contributed by atoms with E-state index in [0.717, 1.165) is 5.56 Å². The topological polar surface area (TPSA) is 46.2 Å². The maximum atomic E-state index is 13.3. The summed E-state index contributed by atoms with van der Waals surface area (Å²) in [4.78, 5) is 0.178. The summed E-state index contributed by atoms with van der Waals surface area (Å²) >= 11 is 3.05. The monoisotopic (exact) mass is 357 g/mol. The van der Waals surface area contributed by atoms with E-state index in [1.807, 2.05) is 13.0 Å². The van der Waals surface area contributed by atoms with Gasteiger partial charge in [-0.3, -0.25) is 4.72 Å². The molecule has 0 saturated heterocycles. The number of halogens is 2. The van der Waals surface area contributed by atoms with E-state index in [1.165, 1.54) is 18.2 Å². The zero-order chi connectivity index (χ0) is 14.9. The summed E-state index contributed by atoms with van der Waals surface area (Å²) < 4.78 is 40.6. The minimum Gasteiger partial charge on any atom is -0.279 e. The molecule has 106 valence electrons. The van der Waals surface area contributed by atoms with Crippen molar-refractivity contribution in [2.24, 2.45) is 0 Å². The van der Waals surface area contributed by atoms with Gasteiger partial charge in [0.15, 0.2) is 0 Å². The molecule has 0 radical (unpaired) electrons. The summed E-state index contributed by atoms with van der Waals surface area (Å²) in [6.45, 7) is 3.46. The average molecular weight is 358 g/mol. The molecule has 0 unspecified atom stereocenters. The second-order valence-corrected chi connectivity index (χ2v) is 7.04. The maximum Gasteiger partial charge on any atom is 0.261 e. The Kier molecular flexibility index (Phi) is 4.15. The van der Waals surface area contributed by atoms with Gasteiger partial charge in [-0.05, 0) is 65.2 Å². The summed E-state index contributed by atoms with van der Waals surface area (Å²) in [6, 6.07) is 9.28. The van der Waals surface area contributed by atoms with Crippen LogP contribution in [0.3, 0.4) is 0 Å². The lowest BCUT2D eigenvalue weighted by Gasteiger charge is -2.12. The van der Waals surface area contributed by atoms with E-state index < -0.39 is 15.8 Å². The molecule has 3 nitrogen and oxygen atoms in total. The number of benzene rings is 2. The highest BCUT2D eigenvalue weighted by Crippen LogP contribution is 2.26. The smallest absolute Gasteiger partial charge is 0.261 e. The highest BCUT2D eigenvalue weighted by molar-refractivity contribution is 9.10. The number of hydrogen-bond donors (Lipinski definition) is 1. The van der Waals surface area contributed by atoms with Crippen molar-refractivity contribution in [2.75, 3.05) is 4.72 Å². The van der Waals surface area contributed by atoms with Gasteiger partial charge in [0.05, 0.1) is 15.1 Å². The number of hydrogen-bond acceptors (Lipinski definition) is 2. The Morgan fingerprint density at radius 3 is 2.50 bits per heavy atom. The molecule has 0 aliphatic carbocycles. The Hall–Kier alpha value is -1.40. The third-order valence-electron chi connectivity index (χ3n) is 2.81. The molecule has 0 aliphatic heterocycles. The lowest BCUT2D eigenvalue weighted by atomic mass is 10.2. The van der Waals surface area contributed by atoms with Crippen LogP contribution < -0.4 is 4.72 Å². The van der Waals surface area contributed by atoms with E-state index in [9.17, 15) is 12.8 Å². The van der Waals surface area contributed by atoms with E-state index >= 15 is 0 Å². The molecule has 2 aromatic carbocycles. The van der Waals surface area contributed by atoms with Crippen LogP contribution in [-0.2, 0) is 10.0 Å². The molecule has 0 saturated carbocycles. The molecular formula is C14H13BrFNO2S. The Morgan fingerprint density at radius 2 is 1.85 bits per heavy atom. The van der Waals surface area contributed by atoms with Crippen molar-refractivity contribution < 1.29 is 12.8 Å². The fourth-order valence-corrected chi connectivity index (χ4v) is 3.31. The van der Waals surface area contributed by atoms with E-state index in [4.69, 9.17) is 0 Å². The zero-order valence-electron chi connectivity index (χ0n) is 10.9. The van der Waals surface area contributed by atoms with Crippen LogP contribution in [0.5, 0.6) is 0 Å². The summed E-state index contributed by atoms with van der Waals surface area (Å²) in [7, 11) is -3.68. The van der Waals surface area contributed by atoms with Crippen molar-refractivity contribution >= 4 is 31.6 Å². The molecule has 0 bridgehead atoms. The quantitative estimate of drug-likeness (QED) is 0.901. The molecule has 0 amide bonds. The zero-order valence-corrected chi connectivity index (χ0v) is 13.3. The van der Waals surface area contributed by atoms with Crippen molar-refractivity contribution in [1.29, 1.82) is 0 Å². The van der Waals surface area contributed by atoms with E-state index in [1.54, 1.807) is 19.1 Å². The van der Waals surface area contributed by atoms with Crippen LogP contribution in [0.15, 0.2) is 45.8 Å². The molecule has 1 N–H and O–H groups in total. The third kappa shape index (κ3) is 3.19. The van der Waals surface area contributed by atoms with Crippen LogP contribution >= 0.6 is 15.9 Å². The number of anilines is 1. The highest BCUT2D eigenvalue weighted by Gasteiger charge is 2.16. The summed E-state index contributed by atoms with van der Waals surface area (Å²) in [5.41, 5.74) is 1.71. The molecule has 2 rings (SSSR count). The molecule has 6 heteroatoms. The lowest BCUT2D eigenvalue weighted by molar-refractivity contribution is 0.600. The van der Waals surface area contributed by atoms with Crippen molar-refractivity contribution in [1.82, 2.24) is 0 Å². The largest absolute Gasteiger partial charge is 0.279 e. The van der Waals surface area contributed by atoms with Gasteiger partial charge in [-0.25, -0.2) is 12.8 Å². The van der Waals surface area contributed by atoms with Gasteiger partial charge < -0.3 is 0 Å². The Morgan fingerprint density at radius 1 is 1.15 bits per heavy atom. The molecular weight excluding hydrogens is 345 g/mol. The van der Waals surface area contributed by atoms with Crippen LogP contribution in [0, 0.1) is 19.7 Å². The number of nitrogens with one attached hydrogen (secondary N) is 1. The van der Waals surface area contributed by atoms with E-state index in [2.05, 4.69) is 20.7 Å². The van der Waals surface area contributed by atoms with Crippen molar-refractivity contribution in [3.8, 4) is 0 Å². The number of rotatable bonds is 3. The van der Waals surface area contributed by atoms with Crippen LogP contribution in [0.1, 0.15) is 11.1 Å². The molecule has 0 heterocycles. The minimum atomic E-state index is -3.68. The van der Waals surface area contributed by atoms with Gasteiger partial charge in [0, 0.05) is 0 Å². The van der Waals surface area contributed by atoms with Crippen molar-refractivity contribution in [3.63, 3.8) is 0 Å². The lowest BCUT2D eigenvalue weighted by Crippen LogP contribution is -2.14. The van der Waals surface area contributed by atoms with E-state index in [0.29, 0.717) is 11.3 Å². The van der Waals surface area contributed by atoms with Gasteiger partial charge in [-0.1, -0.05) is 12.1 Å². The summed E-state index contributed by atoms with van der Waals surface area (Å²) in [5.74, 6) is -0.430. The molecule has 0 aliphatic rings. The first-order valence-electron chi connectivity index (χ1n) is 5.85. The SMILES string of the molecule is Cc1cccc(S(=O)(=O)Nc2cc(Br)c(F)cc2C)c1. The summed E-state index contributed by atoms with van der Waals surface area (Å²) in [6.07, 6.45) is 0. The second-order valence-electron chi connectivity index (χ2n) is 4.50. The van der Waals surface area contributed by atoms with Gasteiger partial charge in [0.1, 0.15) is 5.82 Å². The van der Waals surface area contributed by atoms with Crippen molar-refractivity contribution in [3.05, 3.63) is 57.8 Å². The Balaban J connectivity index is 2.41. The van der Waals surface area contributed by atoms with Gasteiger partial charge >= 0.3 is 0 Å². The molecule has 2 aromatic rings. The third-order valence-corrected chi connectivity index (χ3v) is 4.78. The summed E-state index contributed by atoms with van der Waals surface area (Å²) in [5, 5.41) is 0. The minimum absolute atomic E-state index is 0.178. The first kappa shape index (κ1) is 15.0. The molecule has 0 spiro atoms. The first-order valence-corrected chi connectivity index (χ1v) is 8.12. The highest BCUT2D eigenvalue weighted by atomic mass is 79.9. The van der Waals surface area contributed by atoms with Crippen molar-refractivity contribution in [2.45, 2.75) is 18.7 Å². The average Bonchev–Trinajstić information content (AvgIpc) is 2.36. The van der Waals surface area contributed by atoms with Gasteiger partial charge in [-0.2, -0.15) is 0 Å².